The standard InChI is InChI=1S/C21H23NO3/c1-24-14-21-13-22(11-17(21)12-25-15-21)20(23)19-10-6-5-9-18(19)16-7-3-2-4-8-16/h2-10,17H,11-15H2,1H3/t17-,21-/m0/s1. The lowest BCUT2D eigenvalue weighted by Crippen LogP contribution is -2.37. The number of benzene rings is 2. The van der Waals surface area contributed by atoms with Gasteiger partial charge in [-0.05, 0) is 17.2 Å². The number of likely N-dealkylation sites (tertiary alicyclic amines) is 1. The van der Waals surface area contributed by atoms with Gasteiger partial charge in [-0.3, -0.25) is 4.79 Å². The van der Waals surface area contributed by atoms with E-state index in [0.717, 1.165) is 23.2 Å². The lowest BCUT2D eigenvalue weighted by Gasteiger charge is -2.26. The molecule has 0 N–H and O–H groups in total. The molecule has 0 aromatic heterocycles. The summed E-state index contributed by atoms with van der Waals surface area (Å²) in [5.41, 5.74) is 2.77. The fraction of sp³-hybridized carbons (Fsp3) is 0.381. The van der Waals surface area contributed by atoms with Crippen molar-refractivity contribution in [1.29, 1.82) is 0 Å². The Labute approximate surface area is 148 Å². The van der Waals surface area contributed by atoms with E-state index in [1.54, 1.807) is 7.11 Å². The molecule has 0 unspecified atom stereocenters. The van der Waals surface area contributed by atoms with E-state index >= 15 is 0 Å². The Hall–Kier alpha value is -2.17. The van der Waals surface area contributed by atoms with E-state index in [1.807, 2.05) is 59.5 Å². The maximum Gasteiger partial charge on any atom is 0.254 e. The smallest absolute Gasteiger partial charge is 0.254 e. The summed E-state index contributed by atoms with van der Waals surface area (Å²) >= 11 is 0. The van der Waals surface area contributed by atoms with Gasteiger partial charge in [0.25, 0.3) is 5.91 Å². The highest BCUT2D eigenvalue weighted by Gasteiger charge is 2.52. The molecule has 2 aliphatic heterocycles. The van der Waals surface area contributed by atoms with E-state index in [1.165, 1.54) is 0 Å². The fourth-order valence-corrected chi connectivity index (χ4v) is 4.19. The average molecular weight is 337 g/mol. The van der Waals surface area contributed by atoms with Crippen molar-refractivity contribution >= 4 is 5.91 Å². The third kappa shape index (κ3) is 2.86. The number of fused-ring (bicyclic) bond motifs is 1. The van der Waals surface area contributed by atoms with Gasteiger partial charge in [-0.1, -0.05) is 48.5 Å². The van der Waals surface area contributed by atoms with Crippen molar-refractivity contribution in [2.24, 2.45) is 11.3 Å². The van der Waals surface area contributed by atoms with Crippen LogP contribution < -0.4 is 0 Å². The molecule has 2 aromatic rings. The third-order valence-corrected chi connectivity index (χ3v) is 5.48. The van der Waals surface area contributed by atoms with Crippen LogP contribution in [0.1, 0.15) is 10.4 Å². The molecule has 2 atom stereocenters. The highest BCUT2D eigenvalue weighted by Crippen LogP contribution is 2.42. The Morgan fingerprint density at radius 3 is 2.76 bits per heavy atom. The minimum absolute atomic E-state index is 0.0495. The van der Waals surface area contributed by atoms with E-state index < -0.39 is 0 Å². The number of nitrogens with zero attached hydrogens (tertiary/aromatic N) is 1. The number of hydrogen-bond donors (Lipinski definition) is 0. The number of amides is 1. The Morgan fingerprint density at radius 1 is 1.20 bits per heavy atom. The van der Waals surface area contributed by atoms with Crippen LogP contribution in [-0.4, -0.2) is 50.8 Å². The zero-order valence-electron chi connectivity index (χ0n) is 14.5. The van der Waals surface area contributed by atoms with Gasteiger partial charge in [0.05, 0.1) is 19.8 Å². The third-order valence-electron chi connectivity index (χ3n) is 5.48. The molecule has 0 saturated carbocycles. The predicted molar refractivity (Wildman–Crippen MR) is 96.4 cm³/mol. The van der Waals surface area contributed by atoms with Crippen molar-refractivity contribution in [3.63, 3.8) is 0 Å². The van der Waals surface area contributed by atoms with Crippen LogP contribution in [0.3, 0.4) is 0 Å². The molecular formula is C21H23NO3. The van der Waals surface area contributed by atoms with Gasteiger partial charge in [0.1, 0.15) is 0 Å². The molecule has 2 saturated heterocycles. The summed E-state index contributed by atoms with van der Waals surface area (Å²) < 4.78 is 11.1. The van der Waals surface area contributed by atoms with Gasteiger partial charge >= 0.3 is 0 Å². The molecule has 0 radical (unpaired) electrons. The number of methoxy groups -OCH3 is 1. The van der Waals surface area contributed by atoms with Gasteiger partial charge in [-0.15, -0.1) is 0 Å². The van der Waals surface area contributed by atoms with Gasteiger partial charge in [0.15, 0.2) is 0 Å². The second-order valence-corrected chi connectivity index (χ2v) is 7.10. The van der Waals surface area contributed by atoms with E-state index in [-0.39, 0.29) is 11.3 Å². The van der Waals surface area contributed by atoms with E-state index in [9.17, 15) is 4.79 Å². The summed E-state index contributed by atoms with van der Waals surface area (Å²) in [6.45, 7) is 3.48. The lowest BCUT2D eigenvalue weighted by atomic mass is 9.82. The minimum atomic E-state index is -0.0495. The van der Waals surface area contributed by atoms with Gasteiger partial charge in [-0.25, -0.2) is 0 Å². The molecule has 4 nitrogen and oxygen atoms in total. The topological polar surface area (TPSA) is 38.8 Å². The molecular weight excluding hydrogens is 314 g/mol. The van der Waals surface area contributed by atoms with Crippen molar-refractivity contribution in [2.45, 2.75) is 0 Å². The lowest BCUT2D eigenvalue weighted by molar-refractivity contribution is 0.0489. The molecule has 2 aliphatic rings. The fourth-order valence-electron chi connectivity index (χ4n) is 4.19. The molecule has 1 amide bonds. The first-order valence-corrected chi connectivity index (χ1v) is 8.74. The molecule has 0 aliphatic carbocycles. The van der Waals surface area contributed by atoms with Crippen LogP contribution in [-0.2, 0) is 9.47 Å². The van der Waals surface area contributed by atoms with Gasteiger partial charge in [0.2, 0.25) is 0 Å². The van der Waals surface area contributed by atoms with Crippen molar-refractivity contribution in [1.82, 2.24) is 4.90 Å². The second kappa shape index (κ2) is 6.62. The number of ether oxygens (including phenoxy) is 2. The normalized spacial score (nSPS) is 25.2. The molecule has 4 heteroatoms. The maximum absolute atomic E-state index is 13.3. The van der Waals surface area contributed by atoms with E-state index in [2.05, 4.69) is 0 Å². The van der Waals surface area contributed by atoms with Crippen molar-refractivity contribution in [3.05, 3.63) is 60.2 Å². The van der Waals surface area contributed by atoms with E-state index in [0.29, 0.717) is 32.3 Å². The number of carbonyl (C=O) groups excluding carboxylic acids is 1. The summed E-state index contributed by atoms with van der Waals surface area (Å²) in [5.74, 6) is 0.463. The Kier molecular flexibility index (Phi) is 4.32. The first-order valence-electron chi connectivity index (χ1n) is 8.74. The quantitative estimate of drug-likeness (QED) is 0.861. The highest BCUT2D eigenvalue weighted by atomic mass is 16.5. The molecule has 0 spiro atoms. The van der Waals surface area contributed by atoms with Crippen LogP contribution in [0.25, 0.3) is 11.1 Å². The Morgan fingerprint density at radius 2 is 1.96 bits per heavy atom. The summed E-state index contributed by atoms with van der Waals surface area (Å²) in [7, 11) is 1.72. The first-order chi connectivity index (χ1) is 12.2. The van der Waals surface area contributed by atoms with Gasteiger partial charge in [0, 0.05) is 37.1 Å². The molecule has 130 valence electrons. The van der Waals surface area contributed by atoms with Crippen LogP contribution in [0, 0.1) is 11.3 Å². The molecule has 2 heterocycles. The van der Waals surface area contributed by atoms with Crippen LogP contribution in [0.15, 0.2) is 54.6 Å². The molecule has 2 aromatic carbocycles. The van der Waals surface area contributed by atoms with Crippen LogP contribution in [0.4, 0.5) is 0 Å². The van der Waals surface area contributed by atoms with Gasteiger partial charge < -0.3 is 14.4 Å². The summed E-state index contributed by atoms with van der Waals surface area (Å²) in [4.78, 5) is 15.2. The van der Waals surface area contributed by atoms with Gasteiger partial charge in [-0.2, -0.15) is 0 Å². The van der Waals surface area contributed by atoms with Crippen molar-refractivity contribution < 1.29 is 14.3 Å². The zero-order valence-corrected chi connectivity index (χ0v) is 14.5. The predicted octanol–water partition coefficient (Wildman–Crippen LogP) is 3.09. The molecule has 25 heavy (non-hydrogen) atoms. The van der Waals surface area contributed by atoms with Crippen LogP contribution in [0.5, 0.6) is 0 Å². The second-order valence-electron chi connectivity index (χ2n) is 7.10. The Balaban J connectivity index is 1.63. The number of carbonyl (C=O) groups is 1. The van der Waals surface area contributed by atoms with Crippen LogP contribution >= 0.6 is 0 Å². The average Bonchev–Trinajstić information content (AvgIpc) is 3.19. The zero-order chi connectivity index (χ0) is 17.3. The summed E-state index contributed by atoms with van der Waals surface area (Å²) in [6, 6.07) is 18.0. The molecule has 4 rings (SSSR count). The van der Waals surface area contributed by atoms with Crippen molar-refractivity contribution in [3.8, 4) is 11.1 Å². The van der Waals surface area contributed by atoms with Crippen molar-refractivity contribution in [2.75, 3.05) is 40.0 Å². The Bertz CT molecular complexity index is 761. The minimum Gasteiger partial charge on any atom is -0.384 e. The first kappa shape index (κ1) is 16.3. The summed E-state index contributed by atoms with van der Waals surface area (Å²) in [5, 5.41) is 0. The number of rotatable bonds is 4. The molecule has 0 bridgehead atoms. The molecule has 2 fully saturated rings. The summed E-state index contributed by atoms with van der Waals surface area (Å²) in [6.07, 6.45) is 0. The van der Waals surface area contributed by atoms with E-state index in [4.69, 9.17) is 9.47 Å². The number of hydrogen-bond acceptors (Lipinski definition) is 3. The maximum atomic E-state index is 13.3. The highest BCUT2D eigenvalue weighted by molar-refractivity contribution is 6.01. The SMILES string of the molecule is COC[C@@]12COC[C@@H]1CN(C(=O)c1ccccc1-c1ccccc1)C2. The monoisotopic (exact) mass is 337 g/mol. The largest absolute Gasteiger partial charge is 0.384 e. The van der Waals surface area contributed by atoms with Crippen LogP contribution in [0.2, 0.25) is 0 Å².